The standard InChI is InChI=1S/C31H30ClNO/c1-21-19-27(32)15-18-29(21)25-11-16-28(17-12-25)33-30(34)20-22-5-7-23(8-6-22)24-9-13-26(14-10-24)31(2,3)4/h5-19H,20H2,1-4H3,(H,33,34). The van der Waals surface area contributed by atoms with Crippen LogP contribution in [0.2, 0.25) is 5.02 Å². The van der Waals surface area contributed by atoms with Crippen molar-refractivity contribution in [3.63, 3.8) is 0 Å². The van der Waals surface area contributed by atoms with Crippen molar-refractivity contribution in [2.45, 2.75) is 39.5 Å². The molecule has 0 aliphatic heterocycles. The molecule has 1 N–H and O–H groups in total. The molecule has 0 radical (unpaired) electrons. The number of carbonyl (C=O) groups is 1. The summed E-state index contributed by atoms with van der Waals surface area (Å²) < 4.78 is 0. The first-order valence-corrected chi connectivity index (χ1v) is 11.9. The molecule has 0 bridgehead atoms. The Kier molecular flexibility index (Phi) is 6.90. The van der Waals surface area contributed by atoms with Crippen molar-refractivity contribution in [3.8, 4) is 22.3 Å². The SMILES string of the molecule is Cc1cc(Cl)ccc1-c1ccc(NC(=O)Cc2ccc(-c3ccc(C(C)(C)C)cc3)cc2)cc1. The van der Waals surface area contributed by atoms with Gasteiger partial charge in [-0.25, -0.2) is 0 Å². The minimum absolute atomic E-state index is 0.0299. The predicted octanol–water partition coefficient (Wildman–Crippen LogP) is 8.46. The van der Waals surface area contributed by atoms with Gasteiger partial charge in [0.15, 0.2) is 0 Å². The molecule has 34 heavy (non-hydrogen) atoms. The maximum atomic E-state index is 12.6. The Morgan fingerprint density at radius 2 is 1.32 bits per heavy atom. The molecule has 3 heteroatoms. The van der Waals surface area contributed by atoms with Gasteiger partial charge in [0.2, 0.25) is 5.91 Å². The quantitative estimate of drug-likeness (QED) is 0.313. The van der Waals surface area contributed by atoms with Gasteiger partial charge < -0.3 is 5.32 Å². The molecule has 0 aliphatic carbocycles. The van der Waals surface area contributed by atoms with Crippen LogP contribution in [0.5, 0.6) is 0 Å². The highest BCUT2D eigenvalue weighted by Crippen LogP contribution is 2.28. The van der Waals surface area contributed by atoms with E-state index in [4.69, 9.17) is 11.6 Å². The summed E-state index contributed by atoms with van der Waals surface area (Å²) in [5.41, 5.74) is 8.92. The Labute approximate surface area is 207 Å². The number of benzene rings is 4. The summed E-state index contributed by atoms with van der Waals surface area (Å²) >= 11 is 6.07. The topological polar surface area (TPSA) is 29.1 Å². The first kappa shape index (κ1) is 23.8. The van der Waals surface area contributed by atoms with Crippen LogP contribution in [0.15, 0.2) is 91.0 Å². The van der Waals surface area contributed by atoms with Crippen molar-refractivity contribution >= 4 is 23.2 Å². The summed E-state index contributed by atoms with van der Waals surface area (Å²) in [5, 5.41) is 3.73. The summed E-state index contributed by atoms with van der Waals surface area (Å²) in [5.74, 6) is -0.0299. The Bertz CT molecular complexity index is 1280. The monoisotopic (exact) mass is 467 g/mol. The zero-order valence-electron chi connectivity index (χ0n) is 20.2. The highest BCUT2D eigenvalue weighted by atomic mass is 35.5. The fourth-order valence-electron chi connectivity index (χ4n) is 4.05. The van der Waals surface area contributed by atoms with Gasteiger partial charge in [0.05, 0.1) is 6.42 Å². The highest BCUT2D eigenvalue weighted by Gasteiger charge is 2.13. The number of hydrogen-bond acceptors (Lipinski definition) is 1. The Morgan fingerprint density at radius 1 is 0.765 bits per heavy atom. The van der Waals surface area contributed by atoms with Gasteiger partial charge >= 0.3 is 0 Å². The van der Waals surface area contributed by atoms with Crippen LogP contribution in [0.3, 0.4) is 0 Å². The van der Waals surface area contributed by atoms with Crippen LogP contribution in [0.4, 0.5) is 5.69 Å². The highest BCUT2D eigenvalue weighted by molar-refractivity contribution is 6.30. The van der Waals surface area contributed by atoms with Crippen molar-refractivity contribution in [2.24, 2.45) is 0 Å². The average molecular weight is 468 g/mol. The van der Waals surface area contributed by atoms with Crippen LogP contribution in [-0.2, 0) is 16.6 Å². The molecular weight excluding hydrogens is 438 g/mol. The maximum absolute atomic E-state index is 12.6. The van der Waals surface area contributed by atoms with Crippen LogP contribution in [0, 0.1) is 6.92 Å². The van der Waals surface area contributed by atoms with Crippen LogP contribution in [-0.4, -0.2) is 5.91 Å². The number of hydrogen-bond donors (Lipinski definition) is 1. The van der Waals surface area contributed by atoms with E-state index in [1.165, 1.54) is 11.1 Å². The molecule has 172 valence electrons. The van der Waals surface area contributed by atoms with Gasteiger partial charge in [0.25, 0.3) is 0 Å². The fraction of sp³-hybridized carbons (Fsp3) is 0.194. The van der Waals surface area contributed by atoms with Crippen molar-refractivity contribution in [1.29, 1.82) is 0 Å². The molecular formula is C31H30ClNO. The van der Waals surface area contributed by atoms with Crippen LogP contribution in [0.1, 0.15) is 37.5 Å². The number of anilines is 1. The molecule has 0 unspecified atom stereocenters. The number of aryl methyl sites for hydroxylation is 1. The average Bonchev–Trinajstić information content (AvgIpc) is 2.80. The zero-order valence-corrected chi connectivity index (χ0v) is 20.9. The lowest BCUT2D eigenvalue weighted by molar-refractivity contribution is -0.115. The van der Waals surface area contributed by atoms with Crippen molar-refractivity contribution < 1.29 is 4.79 Å². The molecule has 0 aliphatic rings. The molecule has 0 spiro atoms. The Balaban J connectivity index is 1.37. The van der Waals surface area contributed by atoms with Gasteiger partial charge in [0, 0.05) is 10.7 Å². The second-order valence-electron chi connectivity index (χ2n) is 9.79. The Hall–Kier alpha value is -3.36. The predicted molar refractivity (Wildman–Crippen MR) is 145 cm³/mol. The third kappa shape index (κ3) is 5.76. The summed E-state index contributed by atoms with van der Waals surface area (Å²) in [6, 6.07) is 30.7. The van der Waals surface area contributed by atoms with E-state index in [1.807, 2.05) is 61.5 Å². The molecule has 1 amide bonds. The van der Waals surface area contributed by atoms with E-state index in [0.717, 1.165) is 38.5 Å². The van der Waals surface area contributed by atoms with E-state index in [2.05, 4.69) is 62.5 Å². The largest absolute Gasteiger partial charge is 0.326 e. The molecule has 0 atom stereocenters. The molecule has 4 aromatic rings. The first-order chi connectivity index (χ1) is 16.2. The minimum atomic E-state index is -0.0299. The van der Waals surface area contributed by atoms with Crippen LogP contribution in [0.25, 0.3) is 22.3 Å². The molecule has 4 rings (SSSR count). The van der Waals surface area contributed by atoms with Crippen LogP contribution >= 0.6 is 11.6 Å². The Morgan fingerprint density at radius 3 is 1.88 bits per heavy atom. The van der Waals surface area contributed by atoms with E-state index >= 15 is 0 Å². The second-order valence-corrected chi connectivity index (χ2v) is 10.2. The molecule has 0 saturated heterocycles. The number of nitrogens with one attached hydrogen (secondary N) is 1. The van der Waals surface area contributed by atoms with Gasteiger partial charge in [-0.05, 0) is 75.5 Å². The van der Waals surface area contributed by atoms with Gasteiger partial charge in [-0.1, -0.05) is 99.1 Å². The zero-order chi connectivity index (χ0) is 24.3. The molecule has 0 heterocycles. The van der Waals surface area contributed by atoms with E-state index in [1.54, 1.807) is 0 Å². The fourth-order valence-corrected chi connectivity index (χ4v) is 4.28. The summed E-state index contributed by atoms with van der Waals surface area (Å²) in [6.45, 7) is 8.70. The lowest BCUT2D eigenvalue weighted by atomic mass is 9.86. The maximum Gasteiger partial charge on any atom is 0.228 e. The lowest BCUT2D eigenvalue weighted by Crippen LogP contribution is -2.14. The van der Waals surface area contributed by atoms with E-state index in [0.29, 0.717) is 6.42 Å². The summed E-state index contributed by atoms with van der Waals surface area (Å²) in [4.78, 5) is 12.6. The molecule has 0 saturated carbocycles. The third-order valence-electron chi connectivity index (χ3n) is 6.07. The minimum Gasteiger partial charge on any atom is -0.326 e. The molecule has 2 nitrogen and oxygen atoms in total. The smallest absolute Gasteiger partial charge is 0.228 e. The molecule has 0 aromatic heterocycles. The lowest BCUT2D eigenvalue weighted by Gasteiger charge is -2.19. The van der Waals surface area contributed by atoms with Crippen LogP contribution < -0.4 is 5.32 Å². The van der Waals surface area contributed by atoms with Crippen molar-refractivity contribution in [2.75, 3.05) is 5.32 Å². The normalized spacial score (nSPS) is 11.3. The third-order valence-corrected chi connectivity index (χ3v) is 6.31. The van der Waals surface area contributed by atoms with Gasteiger partial charge in [-0.15, -0.1) is 0 Å². The number of rotatable bonds is 5. The molecule has 0 fully saturated rings. The van der Waals surface area contributed by atoms with E-state index in [-0.39, 0.29) is 11.3 Å². The summed E-state index contributed by atoms with van der Waals surface area (Å²) in [6.07, 6.45) is 0.335. The molecule has 4 aromatic carbocycles. The van der Waals surface area contributed by atoms with Gasteiger partial charge in [-0.2, -0.15) is 0 Å². The second kappa shape index (κ2) is 9.87. The van der Waals surface area contributed by atoms with E-state index in [9.17, 15) is 4.79 Å². The first-order valence-electron chi connectivity index (χ1n) is 11.6. The summed E-state index contributed by atoms with van der Waals surface area (Å²) in [7, 11) is 0. The van der Waals surface area contributed by atoms with Crippen molar-refractivity contribution in [1.82, 2.24) is 0 Å². The number of carbonyl (C=O) groups excluding carboxylic acids is 1. The van der Waals surface area contributed by atoms with Gasteiger partial charge in [-0.3, -0.25) is 4.79 Å². The van der Waals surface area contributed by atoms with Gasteiger partial charge in [0.1, 0.15) is 0 Å². The number of amides is 1. The number of halogens is 1. The van der Waals surface area contributed by atoms with Crippen molar-refractivity contribution in [3.05, 3.63) is 113 Å². The van der Waals surface area contributed by atoms with E-state index < -0.39 is 0 Å².